The number of amides is 1. The fourth-order valence-electron chi connectivity index (χ4n) is 4.27. The number of nitrogens with one attached hydrogen (secondary N) is 1. The lowest BCUT2D eigenvalue weighted by Gasteiger charge is -2.11. The molecule has 2 atom stereocenters. The Morgan fingerprint density at radius 1 is 0.895 bits per heavy atom. The molecular formula is C27H18Cl4F3NO3. The van der Waals surface area contributed by atoms with Crippen LogP contribution in [-0.4, -0.2) is 21.8 Å². The van der Waals surface area contributed by atoms with Gasteiger partial charge < -0.3 is 5.32 Å². The highest BCUT2D eigenvalue weighted by molar-refractivity contribution is 6.53. The fraction of sp³-hybridized carbons (Fsp3) is 0.222. The van der Waals surface area contributed by atoms with Crippen LogP contribution in [0.2, 0.25) is 10.0 Å². The number of hydrogen-bond acceptors (Lipinski definition) is 3. The number of rotatable bonds is 8. The molecule has 1 amide bonds. The van der Waals surface area contributed by atoms with Gasteiger partial charge in [-0.05, 0) is 54.4 Å². The van der Waals surface area contributed by atoms with E-state index in [1.807, 2.05) is 0 Å². The van der Waals surface area contributed by atoms with Crippen LogP contribution in [-0.2, 0) is 22.4 Å². The second kappa shape index (κ2) is 10.9. The fourth-order valence-corrected chi connectivity index (χ4v) is 5.41. The van der Waals surface area contributed by atoms with Crippen LogP contribution < -0.4 is 5.32 Å². The number of carbonyl (C=O) groups excluding carboxylic acids is 3. The van der Waals surface area contributed by atoms with Crippen molar-refractivity contribution in [1.82, 2.24) is 0 Å². The third kappa shape index (κ3) is 5.71. The van der Waals surface area contributed by atoms with Crippen molar-refractivity contribution < 1.29 is 27.6 Å². The molecule has 0 heterocycles. The van der Waals surface area contributed by atoms with Crippen LogP contribution in [0.15, 0.2) is 48.5 Å². The molecule has 38 heavy (non-hydrogen) atoms. The second-order valence-corrected chi connectivity index (χ2v) is 11.2. The zero-order chi connectivity index (χ0) is 27.9. The largest absolute Gasteiger partial charge is 0.326 e. The summed E-state index contributed by atoms with van der Waals surface area (Å²) in [6.07, 6.45) is -1.08. The van der Waals surface area contributed by atoms with E-state index in [1.54, 1.807) is 18.2 Å². The van der Waals surface area contributed by atoms with Gasteiger partial charge in [0.15, 0.2) is 5.78 Å². The lowest BCUT2D eigenvalue weighted by molar-refractivity contribution is -0.117. The highest BCUT2D eigenvalue weighted by atomic mass is 35.5. The van der Waals surface area contributed by atoms with Crippen molar-refractivity contribution in [3.05, 3.63) is 98.3 Å². The van der Waals surface area contributed by atoms with E-state index >= 15 is 0 Å². The SMILES string of the molecule is CC(=O)Cc1c(F)ccc(CC(=O)c2cc(NC(=O)[C@H]3[C@H](c4ccc(Cl)c(Cl)c4)C3(Cl)Cl)ccc2F)c1F. The van der Waals surface area contributed by atoms with Crippen LogP contribution in [0.5, 0.6) is 0 Å². The lowest BCUT2D eigenvalue weighted by atomic mass is 9.98. The Kier molecular flexibility index (Phi) is 8.15. The maximum absolute atomic E-state index is 14.8. The first-order chi connectivity index (χ1) is 17.8. The van der Waals surface area contributed by atoms with E-state index in [0.717, 1.165) is 24.3 Å². The average molecular weight is 603 g/mol. The van der Waals surface area contributed by atoms with E-state index in [4.69, 9.17) is 46.4 Å². The van der Waals surface area contributed by atoms with E-state index in [2.05, 4.69) is 5.32 Å². The zero-order valence-electron chi connectivity index (χ0n) is 19.6. The standard InChI is InChI=1S/C27H18Cl4F3NO3/c1-12(36)8-17-21(33)6-3-14(25(17)34)10-22(37)16-11-15(4-7-20(16)32)35-26(38)24-23(27(24,30)31)13-2-5-18(28)19(29)9-13/h2-7,9,11,23-24H,8,10H2,1H3,(H,35,38)/t23-,24+/m0/s1. The van der Waals surface area contributed by atoms with Crippen molar-refractivity contribution >= 4 is 69.6 Å². The molecule has 11 heteroatoms. The van der Waals surface area contributed by atoms with Crippen molar-refractivity contribution in [2.24, 2.45) is 5.92 Å². The van der Waals surface area contributed by atoms with Gasteiger partial charge in [-0.2, -0.15) is 0 Å². The summed E-state index contributed by atoms with van der Waals surface area (Å²) in [7, 11) is 0. The third-order valence-corrected chi connectivity index (χ3v) is 7.90. The summed E-state index contributed by atoms with van der Waals surface area (Å²) < 4.78 is 41.9. The number of anilines is 1. The minimum atomic E-state index is -1.43. The van der Waals surface area contributed by atoms with Crippen LogP contribution in [0.1, 0.15) is 39.9 Å². The van der Waals surface area contributed by atoms with Crippen molar-refractivity contribution in [3.8, 4) is 0 Å². The predicted octanol–water partition coefficient (Wildman–Crippen LogP) is 7.49. The van der Waals surface area contributed by atoms with E-state index in [1.165, 1.54) is 13.0 Å². The smallest absolute Gasteiger partial charge is 0.231 e. The van der Waals surface area contributed by atoms with Gasteiger partial charge in [-0.3, -0.25) is 14.4 Å². The van der Waals surface area contributed by atoms with Crippen molar-refractivity contribution in [2.45, 2.75) is 30.0 Å². The summed E-state index contributed by atoms with van der Waals surface area (Å²) in [4.78, 5) is 37.2. The molecule has 0 saturated heterocycles. The molecule has 0 spiro atoms. The van der Waals surface area contributed by atoms with Crippen LogP contribution in [0.3, 0.4) is 0 Å². The van der Waals surface area contributed by atoms with Gasteiger partial charge in [-0.1, -0.05) is 35.3 Å². The van der Waals surface area contributed by atoms with E-state index in [-0.39, 0.29) is 16.3 Å². The Hall–Kier alpha value is -2.58. The molecule has 0 aromatic heterocycles. The first-order valence-electron chi connectivity index (χ1n) is 11.2. The molecular weight excluding hydrogens is 585 g/mol. The monoisotopic (exact) mass is 601 g/mol. The highest BCUT2D eigenvalue weighted by Crippen LogP contribution is 2.65. The number of Topliss-reactive ketones (excluding diaryl/α,β-unsaturated/α-hetero) is 2. The number of hydrogen-bond donors (Lipinski definition) is 1. The van der Waals surface area contributed by atoms with E-state index in [9.17, 15) is 27.6 Å². The van der Waals surface area contributed by atoms with Crippen LogP contribution in [0, 0.1) is 23.4 Å². The van der Waals surface area contributed by atoms with Crippen LogP contribution in [0.4, 0.5) is 18.9 Å². The molecule has 0 unspecified atom stereocenters. The molecule has 0 aliphatic heterocycles. The Labute approximate surface area is 236 Å². The summed E-state index contributed by atoms with van der Waals surface area (Å²) in [5.74, 6) is -6.18. The minimum absolute atomic E-state index is 0.0838. The number of carbonyl (C=O) groups is 3. The molecule has 4 rings (SSSR count). The quantitative estimate of drug-likeness (QED) is 0.215. The molecule has 1 fully saturated rings. The van der Waals surface area contributed by atoms with Gasteiger partial charge in [0.1, 0.15) is 27.6 Å². The van der Waals surface area contributed by atoms with Gasteiger partial charge in [0.25, 0.3) is 0 Å². The average Bonchev–Trinajstić information content (AvgIpc) is 3.43. The molecule has 3 aromatic rings. The Morgan fingerprint density at radius 3 is 2.24 bits per heavy atom. The van der Waals surface area contributed by atoms with Gasteiger partial charge in [0.05, 0.1) is 21.5 Å². The van der Waals surface area contributed by atoms with E-state index in [0.29, 0.717) is 10.6 Å². The molecule has 0 radical (unpaired) electrons. The summed E-state index contributed by atoms with van der Waals surface area (Å²) in [6.45, 7) is 1.18. The van der Waals surface area contributed by atoms with Crippen molar-refractivity contribution in [2.75, 3.05) is 5.32 Å². The summed E-state index contributed by atoms with van der Waals surface area (Å²) in [6, 6.07) is 10.1. The maximum atomic E-state index is 14.8. The molecule has 3 aromatic carbocycles. The molecule has 1 aliphatic rings. The summed E-state index contributed by atoms with van der Waals surface area (Å²) in [5, 5.41) is 3.17. The lowest BCUT2D eigenvalue weighted by Crippen LogP contribution is -2.18. The van der Waals surface area contributed by atoms with Gasteiger partial charge in [-0.25, -0.2) is 13.2 Å². The Bertz CT molecular complexity index is 1480. The first-order valence-corrected chi connectivity index (χ1v) is 12.7. The van der Waals surface area contributed by atoms with Gasteiger partial charge in [0.2, 0.25) is 5.91 Å². The zero-order valence-corrected chi connectivity index (χ0v) is 22.6. The molecule has 1 aliphatic carbocycles. The number of alkyl halides is 2. The highest BCUT2D eigenvalue weighted by Gasteiger charge is 2.67. The first kappa shape index (κ1) is 28.4. The number of ketones is 2. The number of halogens is 7. The van der Waals surface area contributed by atoms with Gasteiger partial charge in [0, 0.05) is 30.0 Å². The predicted molar refractivity (Wildman–Crippen MR) is 141 cm³/mol. The summed E-state index contributed by atoms with van der Waals surface area (Å²) in [5.41, 5.74) is -0.390. The summed E-state index contributed by atoms with van der Waals surface area (Å²) >= 11 is 24.7. The molecule has 0 bridgehead atoms. The van der Waals surface area contributed by atoms with Gasteiger partial charge >= 0.3 is 0 Å². The number of benzene rings is 3. The second-order valence-electron chi connectivity index (χ2n) is 8.97. The Balaban J connectivity index is 1.52. The molecule has 1 saturated carbocycles. The van der Waals surface area contributed by atoms with Gasteiger partial charge in [-0.15, -0.1) is 23.2 Å². The van der Waals surface area contributed by atoms with Crippen LogP contribution in [0.25, 0.3) is 0 Å². The van der Waals surface area contributed by atoms with Crippen molar-refractivity contribution in [3.63, 3.8) is 0 Å². The molecule has 4 nitrogen and oxygen atoms in total. The normalized spacial score (nSPS) is 17.7. The topological polar surface area (TPSA) is 63.2 Å². The minimum Gasteiger partial charge on any atom is -0.326 e. The molecule has 198 valence electrons. The molecule has 1 N–H and O–H groups in total. The van der Waals surface area contributed by atoms with E-state index < -0.39 is 75.1 Å². The van der Waals surface area contributed by atoms with Crippen LogP contribution >= 0.6 is 46.4 Å². The third-order valence-electron chi connectivity index (χ3n) is 6.22. The maximum Gasteiger partial charge on any atom is 0.231 e. The van der Waals surface area contributed by atoms with Crippen molar-refractivity contribution in [1.29, 1.82) is 0 Å². The Morgan fingerprint density at radius 2 is 1.58 bits per heavy atom.